The molecule has 1 aliphatic rings. The molecule has 1 rings (SSSR count). The highest BCUT2D eigenvalue weighted by Gasteiger charge is 2.38. The van der Waals surface area contributed by atoms with Crippen LogP contribution in [0.25, 0.3) is 0 Å². The molecule has 0 bridgehead atoms. The number of ether oxygens (including phenoxy) is 3. The van der Waals surface area contributed by atoms with Gasteiger partial charge in [-0.25, -0.2) is 0 Å². The second-order valence-corrected chi connectivity index (χ2v) is 2.95. The van der Waals surface area contributed by atoms with Crippen LogP contribution in [-0.4, -0.2) is 32.4 Å². The number of methoxy groups -OCH3 is 1. The van der Waals surface area contributed by atoms with Gasteiger partial charge in [-0.15, -0.1) is 0 Å². The van der Waals surface area contributed by atoms with Crippen LogP contribution in [-0.2, 0) is 23.8 Å². The fourth-order valence-corrected chi connectivity index (χ4v) is 1.25. The lowest BCUT2D eigenvalue weighted by Gasteiger charge is -2.24. The van der Waals surface area contributed by atoms with Crippen LogP contribution in [0.2, 0.25) is 0 Å². The lowest BCUT2D eigenvalue weighted by atomic mass is 9.94. The molecule has 0 amide bonds. The molecular formula is C8H12O5. The minimum atomic E-state index is -0.839. The maximum Gasteiger partial charge on any atom is 0.323 e. The van der Waals surface area contributed by atoms with Crippen molar-refractivity contribution in [3.05, 3.63) is 0 Å². The molecule has 0 spiro atoms. The van der Waals surface area contributed by atoms with Gasteiger partial charge in [0.1, 0.15) is 0 Å². The molecule has 0 N–H and O–H groups in total. The summed E-state index contributed by atoms with van der Waals surface area (Å²) in [5, 5.41) is 0. The van der Waals surface area contributed by atoms with Gasteiger partial charge in [0.05, 0.1) is 6.61 Å². The molecule has 5 heteroatoms. The van der Waals surface area contributed by atoms with Crippen molar-refractivity contribution < 1.29 is 23.8 Å². The fourth-order valence-electron chi connectivity index (χ4n) is 1.25. The summed E-state index contributed by atoms with van der Waals surface area (Å²) in [7, 11) is 1.51. The molecule has 0 radical (unpaired) electrons. The zero-order valence-electron chi connectivity index (χ0n) is 7.61. The van der Waals surface area contributed by atoms with Crippen LogP contribution in [0.4, 0.5) is 0 Å². The summed E-state index contributed by atoms with van der Waals surface area (Å²) in [6, 6.07) is 0. The van der Waals surface area contributed by atoms with Gasteiger partial charge in [-0.05, 0) is 0 Å². The summed E-state index contributed by atoms with van der Waals surface area (Å²) in [5.41, 5.74) is 0. The first kappa shape index (κ1) is 9.98. The van der Waals surface area contributed by atoms with E-state index in [1.165, 1.54) is 7.11 Å². The van der Waals surface area contributed by atoms with Crippen molar-refractivity contribution in [1.29, 1.82) is 0 Å². The minimum absolute atomic E-state index is 0.217. The number of hydrogen-bond donors (Lipinski definition) is 0. The molecule has 0 aliphatic carbocycles. The lowest BCUT2D eigenvalue weighted by molar-refractivity contribution is -0.193. The Morgan fingerprint density at radius 1 is 1.46 bits per heavy atom. The molecule has 1 heterocycles. The molecule has 1 atom stereocenters. The van der Waals surface area contributed by atoms with Crippen molar-refractivity contribution in [2.24, 2.45) is 11.8 Å². The molecule has 74 valence electrons. The molecule has 0 aromatic heterocycles. The normalized spacial score (nSPS) is 20.8. The van der Waals surface area contributed by atoms with Crippen molar-refractivity contribution in [3.63, 3.8) is 0 Å². The summed E-state index contributed by atoms with van der Waals surface area (Å²) >= 11 is 0. The van der Waals surface area contributed by atoms with E-state index in [2.05, 4.69) is 9.47 Å². The third-order valence-corrected chi connectivity index (χ3v) is 1.91. The van der Waals surface area contributed by atoms with Gasteiger partial charge in [0.15, 0.2) is 5.92 Å². The second-order valence-electron chi connectivity index (χ2n) is 2.95. The first-order valence-electron chi connectivity index (χ1n) is 3.99. The fraction of sp³-hybridized carbons (Fsp3) is 0.750. The van der Waals surface area contributed by atoms with E-state index in [1.807, 2.05) is 0 Å². The van der Waals surface area contributed by atoms with Crippen LogP contribution in [0, 0.1) is 11.8 Å². The lowest BCUT2D eigenvalue weighted by Crippen LogP contribution is -2.40. The highest BCUT2D eigenvalue weighted by Crippen LogP contribution is 2.19. The SMILES string of the molecule is COCC(C)C1C(=O)OCOC1=O. The van der Waals surface area contributed by atoms with E-state index in [1.54, 1.807) is 6.92 Å². The largest absolute Gasteiger partial charge is 0.427 e. The average Bonchev–Trinajstić information content (AvgIpc) is 2.04. The maximum absolute atomic E-state index is 11.1. The molecule has 0 saturated carbocycles. The topological polar surface area (TPSA) is 61.8 Å². The van der Waals surface area contributed by atoms with Gasteiger partial charge in [-0.3, -0.25) is 9.59 Å². The predicted octanol–water partition coefficient (Wildman–Crippen LogP) is -0.0574. The third-order valence-electron chi connectivity index (χ3n) is 1.91. The quantitative estimate of drug-likeness (QED) is 0.458. The number of esters is 2. The van der Waals surface area contributed by atoms with Gasteiger partial charge in [0, 0.05) is 13.0 Å². The van der Waals surface area contributed by atoms with Crippen molar-refractivity contribution in [2.45, 2.75) is 6.92 Å². The van der Waals surface area contributed by atoms with E-state index in [0.717, 1.165) is 0 Å². The Hall–Kier alpha value is -1.10. The van der Waals surface area contributed by atoms with Crippen LogP contribution in [0.15, 0.2) is 0 Å². The van der Waals surface area contributed by atoms with E-state index >= 15 is 0 Å². The van der Waals surface area contributed by atoms with Crippen LogP contribution >= 0.6 is 0 Å². The minimum Gasteiger partial charge on any atom is -0.427 e. The number of rotatable bonds is 3. The Bertz CT molecular complexity index is 197. The van der Waals surface area contributed by atoms with Crippen LogP contribution in [0.1, 0.15) is 6.92 Å². The van der Waals surface area contributed by atoms with Crippen molar-refractivity contribution in [2.75, 3.05) is 20.5 Å². The van der Waals surface area contributed by atoms with Crippen molar-refractivity contribution >= 4 is 11.9 Å². The number of carbonyl (C=O) groups excluding carboxylic acids is 2. The average molecular weight is 188 g/mol. The van der Waals surface area contributed by atoms with Crippen LogP contribution in [0.3, 0.4) is 0 Å². The highest BCUT2D eigenvalue weighted by molar-refractivity contribution is 5.96. The van der Waals surface area contributed by atoms with E-state index < -0.39 is 17.9 Å². The summed E-state index contributed by atoms with van der Waals surface area (Å²) in [4.78, 5) is 22.3. The molecule has 1 saturated heterocycles. The van der Waals surface area contributed by atoms with Crippen LogP contribution < -0.4 is 0 Å². The molecule has 1 fully saturated rings. The number of hydrogen-bond acceptors (Lipinski definition) is 5. The Labute approximate surface area is 76.0 Å². The Morgan fingerprint density at radius 3 is 2.46 bits per heavy atom. The smallest absolute Gasteiger partial charge is 0.323 e. The van der Waals surface area contributed by atoms with E-state index in [4.69, 9.17) is 4.74 Å². The molecule has 5 nitrogen and oxygen atoms in total. The van der Waals surface area contributed by atoms with Crippen LogP contribution in [0.5, 0.6) is 0 Å². The van der Waals surface area contributed by atoms with Crippen molar-refractivity contribution in [1.82, 2.24) is 0 Å². The molecule has 0 aromatic rings. The Kier molecular flexibility index (Phi) is 3.25. The second kappa shape index (κ2) is 4.23. The number of cyclic esters (lactones) is 2. The van der Waals surface area contributed by atoms with E-state index in [9.17, 15) is 9.59 Å². The molecule has 1 unspecified atom stereocenters. The number of carbonyl (C=O) groups is 2. The first-order valence-corrected chi connectivity index (χ1v) is 3.99. The predicted molar refractivity (Wildman–Crippen MR) is 41.6 cm³/mol. The highest BCUT2D eigenvalue weighted by atomic mass is 16.7. The van der Waals surface area contributed by atoms with Gasteiger partial charge in [-0.2, -0.15) is 0 Å². The molecule has 1 aliphatic heterocycles. The van der Waals surface area contributed by atoms with Gasteiger partial charge in [0.25, 0.3) is 0 Å². The van der Waals surface area contributed by atoms with Gasteiger partial charge in [-0.1, -0.05) is 6.92 Å². The molecule has 0 aromatic carbocycles. The standard InChI is InChI=1S/C8H12O5/c1-5(3-11-2)6-7(9)12-4-13-8(6)10/h5-6H,3-4H2,1-2H3. The van der Waals surface area contributed by atoms with Gasteiger partial charge in [0.2, 0.25) is 6.79 Å². The Balaban J connectivity index is 2.62. The third kappa shape index (κ3) is 2.18. The van der Waals surface area contributed by atoms with Gasteiger partial charge < -0.3 is 14.2 Å². The molecular weight excluding hydrogens is 176 g/mol. The zero-order valence-corrected chi connectivity index (χ0v) is 7.61. The molecule has 13 heavy (non-hydrogen) atoms. The van der Waals surface area contributed by atoms with E-state index in [-0.39, 0.29) is 12.7 Å². The maximum atomic E-state index is 11.1. The van der Waals surface area contributed by atoms with Gasteiger partial charge >= 0.3 is 11.9 Å². The summed E-state index contributed by atoms with van der Waals surface area (Å²) in [5.74, 6) is -2.11. The monoisotopic (exact) mass is 188 g/mol. The van der Waals surface area contributed by atoms with Crippen molar-refractivity contribution in [3.8, 4) is 0 Å². The Morgan fingerprint density at radius 2 is 2.00 bits per heavy atom. The zero-order chi connectivity index (χ0) is 9.84. The summed E-state index contributed by atoms with van der Waals surface area (Å²) < 4.78 is 14.0. The van der Waals surface area contributed by atoms with E-state index in [0.29, 0.717) is 6.61 Å². The summed E-state index contributed by atoms with van der Waals surface area (Å²) in [6.07, 6.45) is 0. The summed E-state index contributed by atoms with van der Waals surface area (Å²) in [6.45, 7) is 1.80. The first-order chi connectivity index (χ1) is 6.16.